The number of imide groups is 1. The van der Waals surface area contributed by atoms with E-state index in [1.807, 2.05) is 24.3 Å². The number of fused-ring (bicyclic) bond motifs is 5. The van der Waals surface area contributed by atoms with Crippen LogP contribution in [0, 0.1) is 11.8 Å². The van der Waals surface area contributed by atoms with E-state index in [-0.39, 0.29) is 5.78 Å². The fourth-order valence-electron chi connectivity index (χ4n) is 5.80. The van der Waals surface area contributed by atoms with Gasteiger partial charge in [-0.05, 0) is 47.5 Å². The van der Waals surface area contributed by atoms with Crippen molar-refractivity contribution < 1.29 is 28.6 Å². The van der Waals surface area contributed by atoms with Crippen molar-refractivity contribution >= 4 is 29.5 Å². The number of Topliss-reactive ketones (excluding diaryl/α,β-unsaturated/α-hetero) is 1. The largest absolute Gasteiger partial charge is 0.497 e. The van der Waals surface area contributed by atoms with Gasteiger partial charge in [-0.1, -0.05) is 24.3 Å². The van der Waals surface area contributed by atoms with Gasteiger partial charge in [0, 0.05) is 11.6 Å². The molecule has 0 bridgehead atoms. The van der Waals surface area contributed by atoms with Gasteiger partial charge in [0.2, 0.25) is 11.8 Å². The highest BCUT2D eigenvalue weighted by atomic mass is 16.5. The van der Waals surface area contributed by atoms with Crippen LogP contribution < -0.4 is 19.1 Å². The van der Waals surface area contributed by atoms with Crippen LogP contribution in [0.4, 0.5) is 5.69 Å². The Morgan fingerprint density at radius 2 is 1.50 bits per heavy atom. The third-order valence-corrected chi connectivity index (χ3v) is 7.56. The number of amides is 2. The minimum atomic E-state index is -0.964. The van der Waals surface area contributed by atoms with Gasteiger partial charge in [0.15, 0.2) is 5.78 Å². The summed E-state index contributed by atoms with van der Waals surface area (Å²) in [5.41, 5.74) is 2.43. The summed E-state index contributed by atoms with van der Waals surface area (Å²) in [5, 5.41) is 6.24. The highest BCUT2D eigenvalue weighted by molar-refractivity contribution is 6.25. The first-order valence-corrected chi connectivity index (χ1v) is 12.2. The SMILES string of the molecule is COc1ccc(C(=O)[C@H]2[C@H]3C(=O)N(c4ccc(OC)cc4OC)C(=O)[C@H]3C3c4ccccc4C=NN32)cc1. The van der Waals surface area contributed by atoms with Crippen molar-refractivity contribution in [1.82, 2.24) is 5.01 Å². The normalized spacial score (nSPS) is 23.1. The number of anilines is 1. The van der Waals surface area contributed by atoms with E-state index in [9.17, 15) is 14.4 Å². The Kier molecular flexibility index (Phi) is 5.63. The summed E-state index contributed by atoms with van der Waals surface area (Å²) in [4.78, 5) is 43.3. The number of ketones is 1. The molecule has 0 N–H and O–H groups in total. The second-order valence-corrected chi connectivity index (χ2v) is 9.34. The number of rotatable bonds is 6. The topological polar surface area (TPSA) is 97.7 Å². The predicted octanol–water partition coefficient (Wildman–Crippen LogP) is 3.47. The highest BCUT2D eigenvalue weighted by Gasteiger charge is 2.65. The van der Waals surface area contributed by atoms with E-state index < -0.39 is 35.7 Å². The van der Waals surface area contributed by atoms with Crippen LogP contribution in [0.3, 0.4) is 0 Å². The van der Waals surface area contributed by atoms with E-state index >= 15 is 0 Å². The molecule has 1 unspecified atom stereocenters. The molecule has 9 nitrogen and oxygen atoms in total. The third kappa shape index (κ3) is 3.38. The lowest BCUT2D eigenvalue weighted by Gasteiger charge is -2.34. The molecule has 3 aliphatic heterocycles. The van der Waals surface area contributed by atoms with Gasteiger partial charge in [0.25, 0.3) is 0 Å². The van der Waals surface area contributed by atoms with Crippen molar-refractivity contribution in [2.75, 3.05) is 26.2 Å². The predicted molar refractivity (Wildman–Crippen MR) is 139 cm³/mol. The molecule has 4 atom stereocenters. The Morgan fingerprint density at radius 3 is 2.21 bits per heavy atom. The molecule has 38 heavy (non-hydrogen) atoms. The van der Waals surface area contributed by atoms with E-state index in [1.165, 1.54) is 14.2 Å². The third-order valence-electron chi connectivity index (χ3n) is 7.56. The summed E-state index contributed by atoms with van der Waals surface area (Å²) < 4.78 is 16.0. The molecule has 2 saturated heterocycles. The first-order valence-electron chi connectivity index (χ1n) is 12.2. The molecule has 3 aliphatic rings. The Balaban J connectivity index is 1.48. The number of ether oxygens (including phenoxy) is 3. The monoisotopic (exact) mass is 511 g/mol. The van der Waals surface area contributed by atoms with Gasteiger partial charge < -0.3 is 14.2 Å². The number of nitrogens with zero attached hydrogens (tertiary/aromatic N) is 3. The van der Waals surface area contributed by atoms with Crippen LogP contribution in [-0.2, 0) is 9.59 Å². The summed E-state index contributed by atoms with van der Waals surface area (Å²) >= 11 is 0. The maximum absolute atomic E-state index is 14.1. The Labute approximate surface area is 219 Å². The molecule has 2 fully saturated rings. The number of hydrogen-bond acceptors (Lipinski definition) is 8. The van der Waals surface area contributed by atoms with E-state index in [0.717, 1.165) is 16.0 Å². The fraction of sp³-hybridized carbons (Fsp3) is 0.241. The molecule has 0 radical (unpaired) electrons. The van der Waals surface area contributed by atoms with E-state index in [2.05, 4.69) is 5.10 Å². The lowest BCUT2D eigenvalue weighted by molar-refractivity contribution is -0.124. The number of carbonyl (C=O) groups excluding carboxylic acids is 3. The quantitative estimate of drug-likeness (QED) is 0.369. The fourth-order valence-corrected chi connectivity index (χ4v) is 5.80. The van der Waals surface area contributed by atoms with E-state index in [4.69, 9.17) is 14.2 Å². The molecule has 0 aromatic heterocycles. The van der Waals surface area contributed by atoms with E-state index in [0.29, 0.717) is 28.5 Å². The first-order chi connectivity index (χ1) is 18.5. The van der Waals surface area contributed by atoms with Gasteiger partial charge in [0.05, 0.1) is 51.1 Å². The maximum atomic E-state index is 14.1. The van der Waals surface area contributed by atoms with Crippen LogP contribution in [0.5, 0.6) is 17.2 Å². The number of hydrogen-bond donors (Lipinski definition) is 0. The Morgan fingerprint density at radius 1 is 0.816 bits per heavy atom. The number of methoxy groups -OCH3 is 3. The summed E-state index contributed by atoms with van der Waals surface area (Å²) in [6.07, 6.45) is 1.68. The zero-order valence-corrected chi connectivity index (χ0v) is 21.0. The summed E-state index contributed by atoms with van der Waals surface area (Å²) in [6, 6.07) is 17.7. The summed E-state index contributed by atoms with van der Waals surface area (Å²) in [7, 11) is 4.54. The summed E-state index contributed by atoms with van der Waals surface area (Å²) in [5.74, 6) is -1.42. The molecule has 2 amide bonds. The van der Waals surface area contributed by atoms with Crippen LogP contribution >= 0.6 is 0 Å². The molecular formula is C29H25N3O6. The van der Waals surface area contributed by atoms with Crippen molar-refractivity contribution in [3.8, 4) is 17.2 Å². The number of carbonyl (C=O) groups is 3. The molecule has 9 heteroatoms. The van der Waals surface area contributed by atoms with Crippen LogP contribution in [0.2, 0.25) is 0 Å². The average Bonchev–Trinajstić information content (AvgIpc) is 3.44. The average molecular weight is 512 g/mol. The van der Waals surface area contributed by atoms with Crippen LogP contribution in [0.15, 0.2) is 71.8 Å². The van der Waals surface area contributed by atoms with Gasteiger partial charge >= 0.3 is 0 Å². The number of benzene rings is 3. The minimum absolute atomic E-state index is 0.286. The molecule has 3 heterocycles. The molecule has 0 saturated carbocycles. The van der Waals surface area contributed by atoms with Crippen LogP contribution in [-0.4, -0.2) is 56.2 Å². The second kappa shape index (κ2) is 9.02. The van der Waals surface area contributed by atoms with Crippen molar-refractivity contribution in [3.63, 3.8) is 0 Å². The second-order valence-electron chi connectivity index (χ2n) is 9.34. The smallest absolute Gasteiger partial charge is 0.240 e. The molecule has 3 aromatic rings. The Bertz CT molecular complexity index is 1480. The van der Waals surface area contributed by atoms with Gasteiger partial charge in [-0.15, -0.1) is 0 Å². The van der Waals surface area contributed by atoms with E-state index in [1.54, 1.807) is 60.8 Å². The van der Waals surface area contributed by atoms with Crippen LogP contribution in [0.25, 0.3) is 0 Å². The van der Waals surface area contributed by atoms with Gasteiger partial charge in [-0.3, -0.25) is 19.4 Å². The minimum Gasteiger partial charge on any atom is -0.497 e. The highest BCUT2D eigenvalue weighted by Crippen LogP contribution is 2.54. The van der Waals surface area contributed by atoms with Crippen molar-refractivity contribution in [1.29, 1.82) is 0 Å². The van der Waals surface area contributed by atoms with Crippen molar-refractivity contribution in [2.45, 2.75) is 12.1 Å². The molecular weight excluding hydrogens is 486 g/mol. The molecule has 0 spiro atoms. The molecule has 192 valence electrons. The molecule has 6 rings (SSSR count). The van der Waals surface area contributed by atoms with Gasteiger partial charge in [-0.2, -0.15) is 5.10 Å². The van der Waals surface area contributed by atoms with Crippen LogP contribution in [0.1, 0.15) is 27.5 Å². The van der Waals surface area contributed by atoms with Crippen molar-refractivity contribution in [3.05, 3.63) is 83.4 Å². The standard InChI is InChI=1S/C29H25N3O6/c1-36-18-10-8-16(9-11-18)27(33)26-24-23(25-20-7-5-4-6-17(20)15-30-32(25)26)28(34)31(29(24)35)21-13-12-19(37-2)14-22(21)38-3/h4-15,23-26H,1-3H3/t23-,24+,25?,26-/m1/s1. The summed E-state index contributed by atoms with van der Waals surface area (Å²) in [6.45, 7) is 0. The zero-order chi connectivity index (χ0) is 26.6. The van der Waals surface area contributed by atoms with Crippen molar-refractivity contribution in [2.24, 2.45) is 16.9 Å². The Hall–Kier alpha value is -4.66. The number of hydrazone groups is 1. The lowest BCUT2D eigenvalue weighted by atomic mass is 9.83. The molecule has 3 aromatic carbocycles. The first kappa shape index (κ1) is 23.7. The molecule has 0 aliphatic carbocycles. The van der Waals surface area contributed by atoms with Gasteiger partial charge in [-0.25, -0.2) is 4.90 Å². The lowest BCUT2D eigenvalue weighted by Crippen LogP contribution is -2.44. The maximum Gasteiger partial charge on any atom is 0.240 e. The zero-order valence-electron chi connectivity index (χ0n) is 21.0. The van der Waals surface area contributed by atoms with Gasteiger partial charge in [0.1, 0.15) is 23.3 Å².